The van der Waals surface area contributed by atoms with E-state index < -0.39 is 5.54 Å². The first-order chi connectivity index (χ1) is 13.5. The van der Waals surface area contributed by atoms with Gasteiger partial charge in [-0.3, -0.25) is 9.69 Å². The van der Waals surface area contributed by atoms with Crippen molar-refractivity contribution in [1.29, 1.82) is 0 Å². The van der Waals surface area contributed by atoms with Gasteiger partial charge >= 0.3 is 6.03 Å². The second-order valence-corrected chi connectivity index (χ2v) is 7.91. The Morgan fingerprint density at radius 3 is 2.79 bits per heavy atom. The van der Waals surface area contributed by atoms with E-state index in [1.54, 1.807) is 6.92 Å². The normalized spacial score (nSPS) is 21.4. The molecule has 1 aliphatic carbocycles. The SMILES string of the molecule is Cc1cccc2nc(CN3C(=O)NC(C)(c4ccc5c(c4)CCC5)C3=O)cn12. The van der Waals surface area contributed by atoms with Crippen LogP contribution >= 0.6 is 0 Å². The average Bonchev–Trinajstić information content (AvgIpc) is 3.36. The zero-order valence-corrected chi connectivity index (χ0v) is 16.0. The van der Waals surface area contributed by atoms with Crippen molar-refractivity contribution in [3.63, 3.8) is 0 Å². The molecule has 2 aliphatic rings. The molecule has 1 atom stereocenters. The van der Waals surface area contributed by atoms with Crippen molar-refractivity contribution in [3.05, 3.63) is 70.7 Å². The van der Waals surface area contributed by atoms with E-state index in [0.29, 0.717) is 5.69 Å². The quantitative estimate of drug-likeness (QED) is 0.717. The van der Waals surface area contributed by atoms with Gasteiger partial charge in [0, 0.05) is 11.9 Å². The van der Waals surface area contributed by atoms with Crippen LogP contribution in [-0.4, -0.2) is 26.2 Å². The minimum atomic E-state index is -1.04. The van der Waals surface area contributed by atoms with Gasteiger partial charge in [-0.1, -0.05) is 24.3 Å². The highest BCUT2D eigenvalue weighted by Gasteiger charge is 2.49. The summed E-state index contributed by atoms with van der Waals surface area (Å²) in [5.74, 6) is -0.232. The van der Waals surface area contributed by atoms with E-state index in [0.717, 1.165) is 36.2 Å². The van der Waals surface area contributed by atoms with Crippen molar-refractivity contribution in [1.82, 2.24) is 19.6 Å². The Labute approximate surface area is 163 Å². The van der Waals surface area contributed by atoms with Crippen LogP contribution in [0.2, 0.25) is 0 Å². The largest absolute Gasteiger partial charge is 0.325 e. The van der Waals surface area contributed by atoms with Crippen LogP contribution in [0.4, 0.5) is 4.79 Å². The molecular formula is C22H22N4O2. The number of urea groups is 1. The van der Waals surface area contributed by atoms with Crippen LogP contribution in [0.5, 0.6) is 0 Å². The number of carbonyl (C=O) groups excluding carboxylic acids is 2. The lowest BCUT2D eigenvalue weighted by atomic mass is 9.89. The standard InChI is InChI=1S/C22H22N4O2/c1-14-5-3-8-19-23-18(12-25(14)19)13-26-20(27)22(2,24-21(26)28)17-10-9-15-6-4-7-16(15)11-17/h3,5,8-12H,4,6-7,13H2,1-2H3,(H,24,28). The fourth-order valence-corrected chi connectivity index (χ4v) is 4.36. The number of nitrogens with zero attached hydrogens (tertiary/aromatic N) is 3. The van der Waals surface area contributed by atoms with E-state index in [-0.39, 0.29) is 18.5 Å². The van der Waals surface area contributed by atoms with Crippen molar-refractivity contribution in [2.24, 2.45) is 0 Å². The van der Waals surface area contributed by atoms with Gasteiger partial charge in [0.05, 0.1) is 12.2 Å². The summed E-state index contributed by atoms with van der Waals surface area (Å²) in [7, 11) is 0. The van der Waals surface area contributed by atoms with Crippen molar-refractivity contribution < 1.29 is 9.59 Å². The molecule has 3 aromatic rings. The summed E-state index contributed by atoms with van der Waals surface area (Å²) < 4.78 is 1.97. The molecule has 28 heavy (non-hydrogen) atoms. The summed E-state index contributed by atoms with van der Waals surface area (Å²) in [6.45, 7) is 3.95. The number of nitrogens with one attached hydrogen (secondary N) is 1. The van der Waals surface area contributed by atoms with E-state index in [4.69, 9.17) is 0 Å². The molecule has 0 radical (unpaired) electrons. The molecule has 1 saturated heterocycles. The smallest absolute Gasteiger partial charge is 0.319 e. The molecule has 6 nitrogen and oxygen atoms in total. The van der Waals surface area contributed by atoms with Crippen LogP contribution in [-0.2, 0) is 29.7 Å². The van der Waals surface area contributed by atoms with E-state index in [9.17, 15) is 9.59 Å². The number of imide groups is 1. The number of imidazole rings is 1. The van der Waals surface area contributed by atoms with Gasteiger partial charge in [0.1, 0.15) is 11.2 Å². The molecule has 0 spiro atoms. The Morgan fingerprint density at radius 1 is 1.14 bits per heavy atom. The minimum Gasteiger partial charge on any atom is -0.319 e. The highest BCUT2D eigenvalue weighted by atomic mass is 16.2. The summed E-state index contributed by atoms with van der Waals surface area (Å²) in [5.41, 5.74) is 5.00. The third-order valence-electron chi connectivity index (χ3n) is 6.02. The molecule has 142 valence electrons. The maximum atomic E-state index is 13.2. The van der Waals surface area contributed by atoms with Crippen LogP contribution in [0, 0.1) is 6.92 Å². The average molecular weight is 374 g/mol. The lowest BCUT2D eigenvalue weighted by molar-refractivity contribution is -0.131. The van der Waals surface area contributed by atoms with Crippen molar-refractivity contribution in [3.8, 4) is 0 Å². The number of rotatable bonds is 3. The zero-order valence-electron chi connectivity index (χ0n) is 16.0. The molecule has 3 amide bonds. The van der Waals surface area contributed by atoms with Gasteiger partial charge in [-0.15, -0.1) is 0 Å². The number of aryl methyl sites for hydroxylation is 3. The summed E-state index contributed by atoms with van der Waals surface area (Å²) in [6.07, 6.45) is 5.16. The number of benzene rings is 1. The van der Waals surface area contributed by atoms with Gasteiger partial charge in [-0.05, 0) is 61.9 Å². The molecule has 6 heteroatoms. The topological polar surface area (TPSA) is 66.7 Å². The van der Waals surface area contributed by atoms with Crippen LogP contribution in [0.15, 0.2) is 42.6 Å². The van der Waals surface area contributed by atoms with E-state index in [1.807, 2.05) is 41.8 Å². The molecule has 1 aromatic carbocycles. The van der Waals surface area contributed by atoms with Crippen LogP contribution in [0.1, 0.15) is 41.4 Å². The van der Waals surface area contributed by atoms with Gasteiger partial charge < -0.3 is 9.72 Å². The second kappa shape index (κ2) is 5.92. The van der Waals surface area contributed by atoms with Crippen molar-refractivity contribution in [2.75, 3.05) is 0 Å². The van der Waals surface area contributed by atoms with Crippen molar-refractivity contribution in [2.45, 2.75) is 45.2 Å². The zero-order chi connectivity index (χ0) is 19.5. The minimum absolute atomic E-state index is 0.159. The molecule has 5 rings (SSSR count). The molecular weight excluding hydrogens is 352 g/mol. The Morgan fingerprint density at radius 2 is 1.96 bits per heavy atom. The van der Waals surface area contributed by atoms with E-state index >= 15 is 0 Å². The summed E-state index contributed by atoms with van der Waals surface area (Å²) >= 11 is 0. The van der Waals surface area contributed by atoms with E-state index in [1.165, 1.54) is 16.0 Å². The van der Waals surface area contributed by atoms with E-state index in [2.05, 4.69) is 22.4 Å². The van der Waals surface area contributed by atoms with Gasteiger partial charge in [-0.25, -0.2) is 9.78 Å². The van der Waals surface area contributed by atoms with Crippen LogP contribution < -0.4 is 5.32 Å². The van der Waals surface area contributed by atoms with Crippen molar-refractivity contribution >= 4 is 17.6 Å². The summed E-state index contributed by atoms with van der Waals surface area (Å²) in [6, 6.07) is 11.6. The molecule has 1 N–H and O–H groups in total. The highest BCUT2D eigenvalue weighted by molar-refractivity contribution is 6.07. The van der Waals surface area contributed by atoms with Crippen LogP contribution in [0.3, 0.4) is 0 Å². The Bertz CT molecular complexity index is 1130. The predicted molar refractivity (Wildman–Crippen MR) is 105 cm³/mol. The van der Waals surface area contributed by atoms with Gasteiger partial charge in [-0.2, -0.15) is 0 Å². The Kier molecular flexibility index (Phi) is 3.59. The molecule has 2 aromatic heterocycles. The predicted octanol–water partition coefficient (Wildman–Crippen LogP) is 3.10. The monoisotopic (exact) mass is 374 g/mol. The fraction of sp³-hybridized carbons (Fsp3) is 0.318. The Balaban J connectivity index is 1.46. The molecule has 1 fully saturated rings. The highest BCUT2D eigenvalue weighted by Crippen LogP contribution is 2.33. The first kappa shape index (κ1) is 17.0. The Hall–Kier alpha value is -3.15. The third-order valence-corrected chi connectivity index (χ3v) is 6.02. The summed E-state index contributed by atoms with van der Waals surface area (Å²) in [4.78, 5) is 31.7. The number of hydrogen-bond donors (Lipinski definition) is 1. The van der Waals surface area contributed by atoms with Crippen LogP contribution in [0.25, 0.3) is 5.65 Å². The number of fused-ring (bicyclic) bond motifs is 2. The first-order valence-electron chi connectivity index (χ1n) is 9.66. The number of carbonyl (C=O) groups is 2. The molecule has 1 unspecified atom stereocenters. The fourth-order valence-electron chi connectivity index (χ4n) is 4.36. The maximum Gasteiger partial charge on any atom is 0.325 e. The third kappa shape index (κ3) is 2.44. The maximum absolute atomic E-state index is 13.2. The van der Waals surface area contributed by atoms with Gasteiger partial charge in [0.25, 0.3) is 5.91 Å². The molecule has 0 bridgehead atoms. The lowest BCUT2D eigenvalue weighted by Crippen LogP contribution is -2.41. The molecule has 3 heterocycles. The van der Waals surface area contributed by atoms with Gasteiger partial charge in [0.15, 0.2) is 0 Å². The molecule has 0 saturated carbocycles. The van der Waals surface area contributed by atoms with Gasteiger partial charge in [0.2, 0.25) is 0 Å². The number of aromatic nitrogens is 2. The number of hydrogen-bond acceptors (Lipinski definition) is 3. The second-order valence-electron chi connectivity index (χ2n) is 7.91. The molecule has 1 aliphatic heterocycles. The lowest BCUT2D eigenvalue weighted by Gasteiger charge is -2.23. The number of pyridine rings is 1. The number of amides is 3. The summed E-state index contributed by atoms with van der Waals surface area (Å²) in [5, 5.41) is 2.91. The first-order valence-corrected chi connectivity index (χ1v) is 9.66.